The number of carbonyl (C=O) groups excluding carboxylic acids is 2. The number of hydrogen-bond acceptors (Lipinski definition) is 10. The lowest BCUT2D eigenvalue weighted by Crippen LogP contribution is -2.20. The molecular formula is C20H18N4O7S2. The van der Waals surface area contributed by atoms with Gasteiger partial charge in [0.2, 0.25) is 9.84 Å². The second-order valence-electron chi connectivity index (χ2n) is 6.80. The molecule has 0 fully saturated rings. The number of ether oxygens (including phenoxy) is 1. The molecule has 0 aliphatic heterocycles. The second-order valence-corrected chi connectivity index (χ2v) is 10.0. The number of thiazole rings is 1. The van der Waals surface area contributed by atoms with E-state index < -0.39 is 33.2 Å². The summed E-state index contributed by atoms with van der Waals surface area (Å²) in [6.45, 7) is -0.585. The van der Waals surface area contributed by atoms with Crippen LogP contribution in [0.15, 0.2) is 63.8 Å². The highest BCUT2D eigenvalue weighted by molar-refractivity contribution is 7.93. The van der Waals surface area contributed by atoms with E-state index in [0.29, 0.717) is 11.3 Å². The molecule has 2 aromatic carbocycles. The van der Waals surface area contributed by atoms with Gasteiger partial charge in [-0.2, -0.15) is 0 Å². The number of aromatic nitrogens is 1. The first-order valence-corrected chi connectivity index (χ1v) is 11.6. The predicted octanol–water partition coefficient (Wildman–Crippen LogP) is 2.75. The summed E-state index contributed by atoms with van der Waals surface area (Å²) in [5.41, 5.74) is 0.932. The van der Waals surface area contributed by atoms with Crippen molar-refractivity contribution >= 4 is 49.6 Å². The minimum atomic E-state index is -3.97. The van der Waals surface area contributed by atoms with Crippen LogP contribution < -0.4 is 10.2 Å². The molecule has 0 bridgehead atoms. The fourth-order valence-electron chi connectivity index (χ4n) is 2.57. The average molecular weight is 491 g/mol. The number of hydrogen-bond donors (Lipinski definition) is 1. The van der Waals surface area contributed by atoms with Crippen LogP contribution in [-0.2, 0) is 19.4 Å². The molecule has 11 nitrogen and oxygen atoms in total. The third kappa shape index (κ3) is 5.70. The highest BCUT2D eigenvalue weighted by Gasteiger charge is 2.22. The Bertz CT molecular complexity index is 1280. The Balaban J connectivity index is 1.59. The van der Waals surface area contributed by atoms with Crippen LogP contribution in [0.25, 0.3) is 0 Å². The van der Waals surface area contributed by atoms with Crippen molar-refractivity contribution < 1.29 is 27.7 Å². The fourth-order valence-corrected chi connectivity index (χ4v) is 5.02. The first-order chi connectivity index (χ1) is 15.6. The lowest BCUT2D eigenvalue weighted by atomic mass is 10.2. The Morgan fingerprint density at radius 3 is 2.33 bits per heavy atom. The molecule has 3 rings (SSSR count). The molecule has 1 N–H and O–H groups in total. The Kier molecular flexibility index (Phi) is 7.04. The maximum absolute atomic E-state index is 12.7. The van der Waals surface area contributed by atoms with Crippen LogP contribution in [0.4, 0.5) is 16.5 Å². The maximum Gasteiger partial charge on any atom is 0.338 e. The molecule has 13 heteroatoms. The minimum absolute atomic E-state index is 0.00753. The predicted molar refractivity (Wildman–Crippen MR) is 120 cm³/mol. The zero-order valence-electron chi connectivity index (χ0n) is 17.4. The zero-order valence-corrected chi connectivity index (χ0v) is 19.1. The van der Waals surface area contributed by atoms with Gasteiger partial charge in [-0.1, -0.05) is 11.3 Å². The largest absolute Gasteiger partial charge is 0.452 e. The molecule has 0 aliphatic rings. The highest BCUT2D eigenvalue weighted by atomic mass is 32.2. The van der Waals surface area contributed by atoms with Crippen LogP contribution in [0.2, 0.25) is 0 Å². The number of non-ortho nitro benzene ring substituents is 1. The maximum atomic E-state index is 12.7. The van der Waals surface area contributed by atoms with Crippen LogP contribution in [-0.4, -0.2) is 50.9 Å². The summed E-state index contributed by atoms with van der Waals surface area (Å²) in [6.07, 6.45) is 1.06. The molecule has 1 aromatic heterocycles. The van der Waals surface area contributed by atoms with Gasteiger partial charge < -0.3 is 9.64 Å². The lowest BCUT2D eigenvalue weighted by molar-refractivity contribution is -0.384. The number of rotatable bonds is 8. The van der Waals surface area contributed by atoms with Crippen LogP contribution in [0.3, 0.4) is 0 Å². The monoisotopic (exact) mass is 490 g/mol. The number of nitro benzene ring substituents is 1. The van der Waals surface area contributed by atoms with E-state index in [1.807, 2.05) is 19.0 Å². The molecule has 1 amide bonds. The van der Waals surface area contributed by atoms with Gasteiger partial charge >= 0.3 is 5.97 Å². The molecule has 0 atom stereocenters. The number of amides is 1. The van der Waals surface area contributed by atoms with Gasteiger partial charge in [-0.3, -0.25) is 20.2 Å². The first-order valence-electron chi connectivity index (χ1n) is 9.27. The SMILES string of the molecule is CN(C)c1ccc(C(=O)OCC(=O)Nc2ncc(S(=O)(=O)c3ccc([N+](=O)[O-])cc3)s2)cc1. The number of nitrogens with one attached hydrogen (secondary N) is 1. The number of benzene rings is 2. The Hall–Kier alpha value is -3.84. The first kappa shape index (κ1) is 23.8. The van der Waals surface area contributed by atoms with Gasteiger partial charge in [0.05, 0.1) is 21.6 Å². The molecule has 0 saturated carbocycles. The zero-order chi connectivity index (χ0) is 24.2. The Labute approximate surface area is 192 Å². The van der Waals surface area contributed by atoms with E-state index in [9.17, 15) is 28.1 Å². The molecule has 0 radical (unpaired) electrons. The van der Waals surface area contributed by atoms with Crippen LogP contribution in [0.1, 0.15) is 10.4 Å². The van der Waals surface area contributed by atoms with Crippen molar-refractivity contribution in [3.8, 4) is 0 Å². The van der Waals surface area contributed by atoms with Crippen LogP contribution in [0.5, 0.6) is 0 Å². The van der Waals surface area contributed by atoms with Gasteiger partial charge in [-0.25, -0.2) is 18.2 Å². The average Bonchev–Trinajstić information content (AvgIpc) is 3.27. The summed E-state index contributed by atoms with van der Waals surface area (Å²) in [6, 6.07) is 11.0. The van der Waals surface area contributed by atoms with E-state index in [0.717, 1.165) is 36.1 Å². The van der Waals surface area contributed by atoms with Gasteiger partial charge in [-0.15, -0.1) is 0 Å². The lowest BCUT2D eigenvalue weighted by Gasteiger charge is -2.12. The van der Waals surface area contributed by atoms with E-state index in [1.54, 1.807) is 24.3 Å². The summed E-state index contributed by atoms with van der Waals surface area (Å²) in [5, 5.41) is 13.1. The molecule has 172 valence electrons. The van der Waals surface area contributed by atoms with Crippen molar-refractivity contribution in [3.63, 3.8) is 0 Å². The third-order valence-corrected chi connectivity index (χ3v) is 7.45. The van der Waals surface area contributed by atoms with Crippen molar-refractivity contribution in [2.75, 3.05) is 30.9 Å². The molecule has 0 unspecified atom stereocenters. The van der Waals surface area contributed by atoms with Crippen molar-refractivity contribution in [1.29, 1.82) is 0 Å². The molecule has 0 saturated heterocycles. The van der Waals surface area contributed by atoms with Crippen LogP contribution >= 0.6 is 11.3 Å². The quantitative estimate of drug-likeness (QED) is 0.286. The summed E-state index contributed by atoms with van der Waals surface area (Å²) in [5.74, 6) is -1.38. The summed E-state index contributed by atoms with van der Waals surface area (Å²) < 4.78 is 30.1. The van der Waals surface area contributed by atoms with Gasteiger partial charge in [0.15, 0.2) is 11.7 Å². The third-order valence-electron chi connectivity index (χ3n) is 4.31. The number of nitro groups is 1. The summed E-state index contributed by atoms with van der Waals surface area (Å²) in [4.78, 5) is 39.8. The molecule has 3 aromatic rings. The van der Waals surface area contributed by atoms with Crippen molar-refractivity contribution in [2.45, 2.75) is 9.10 Å². The van der Waals surface area contributed by atoms with Gasteiger partial charge in [0, 0.05) is 31.9 Å². The molecule has 1 heterocycles. The topological polar surface area (TPSA) is 149 Å². The number of carbonyl (C=O) groups is 2. The second kappa shape index (κ2) is 9.75. The Morgan fingerprint density at radius 2 is 1.76 bits per heavy atom. The van der Waals surface area contributed by atoms with Gasteiger partial charge in [0.1, 0.15) is 4.21 Å². The number of sulfone groups is 1. The van der Waals surface area contributed by atoms with E-state index >= 15 is 0 Å². The fraction of sp³-hybridized carbons (Fsp3) is 0.150. The molecular weight excluding hydrogens is 472 g/mol. The van der Waals surface area contributed by atoms with E-state index in [4.69, 9.17) is 4.74 Å². The summed E-state index contributed by atoms with van der Waals surface area (Å²) in [7, 11) is -0.255. The summed E-state index contributed by atoms with van der Waals surface area (Å²) >= 11 is 0.698. The number of nitrogens with zero attached hydrogens (tertiary/aromatic N) is 3. The molecule has 33 heavy (non-hydrogen) atoms. The van der Waals surface area contributed by atoms with Crippen molar-refractivity contribution in [1.82, 2.24) is 4.98 Å². The van der Waals surface area contributed by atoms with Gasteiger partial charge in [-0.05, 0) is 36.4 Å². The number of anilines is 2. The smallest absolute Gasteiger partial charge is 0.338 e. The van der Waals surface area contributed by atoms with Gasteiger partial charge in [0.25, 0.3) is 11.6 Å². The van der Waals surface area contributed by atoms with Crippen molar-refractivity contribution in [2.24, 2.45) is 0 Å². The van der Waals surface area contributed by atoms with Crippen LogP contribution in [0, 0.1) is 10.1 Å². The van der Waals surface area contributed by atoms with Crippen molar-refractivity contribution in [3.05, 3.63) is 70.4 Å². The van der Waals surface area contributed by atoms with E-state index in [1.165, 1.54) is 0 Å². The number of esters is 1. The van der Waals surface area contributed by atoms with E-state index in [-0.39, 0.29) is 25.5 Å². The molecule has 0 aliphatic carbocycles. The Morgan fingerprint density at radius 1 is 1.12 bits per heavy atom. The standard InChI is InChI=1S/C20H18N4O7S2/c1-23(2)14-5-3-13(4-6-14)19(26)31-12-17(25)22-20-21-11-18(32-20)33(29,30)16-9-7-15(8-10-16)24(27)28/h3-11H,12H2,1-2H3,(H,21,22,25). The normalized spacial score (nSPS) is 11.0. The molecule has 0 spiro atoms. The van der Waals surface area contributed by atoms with E-state index in [2.05, 4.69) is 10.3 Å². The highest BCUT2D eigenvalue weighted by Crippen LogP contribution is 2.29. The minimum Gasteiger partial charge on any atom is -0.452 e.